The summed E-state index contributed by atoms with van der Waals surface area (Å²) < 4.78 is 0. The molecule has 1 aliphatic rings. The SMILES string of the molecule is C=CCC1CCC(C)(C)C1(C)C.CCCC. The summed E-state index contributed by atoms with van der Waals surface area (Å²) in [6, 6.07) is 0. The van der Waals surface area contributed by atoms with Gasteiger partial charge in [0, 0.05) is 0 Å². The van der Waals surface area contributed by atoms with Gasteiger partial charge >= 0.3 is 0 Å². The van der Waals surface area contributed by atoms with Gasteiger partial charge in [-0.3, -0.25) is 0 Å². The molecule has 0 spiro atoms. The van der Waals surface area contributed by atoms with Gasteiger partial charge in [-0.15, -0.1) is 6.58 Å². The average molecular weight is 224 g/mol. The van der Waals surface area contributed by atoms with Gasteiger partial charge in [-0.2, -0.15) is 0 Å². The van der Waals surface area contributed by atoms with Crippen LogP contribution in [0.1, 0.15) is 73.6 Å². The Hall–Kier alpha value is -0.260. The molecular weight excluding hydrogens is 192 g/mol. The second kappa shape index (κ2) is 6.47. The summed E-state index contributed by atoms with van der Waals surface area (Å²) in [6.45, 7) is 17.8. The molecule has 1 unspecified atom stereocenters. The van der Waals surface area contributed by atoms with E-state index in [-0.39, 0.29) is 0 Å². The van der Waals surface area contributed by atoms with Crippen LogP contribution in [0.2, 0.25) is 0 Å². The maximum Gasteiger partial charge on any atom is -0.0272 e. The van der Waals surface area contributed by atoms with Crippen LogP contribution in [0.15, 0.2) is 12.7 Å². The monoisotopic (exact) mass is 224 g/mol. The zero-order chi connectivity index (χ0) is 12.8. The quantitative estimate of drug-likeness (QED) is 0.529. The van der Waals surface area contributed by atoms with E-state index in [1.54, 1.807) is 0 Å². The molecule has 0 nitrogen and oxygen atoms in total. The molecule has 1 atom stereocenters. The van der Waals surface area contributed by atoms with E-state index in [1.165, 1.54) is 32.1 Å². The molecule has 1 fully saturated rings. The molecule has 0 aromatic heterocycles. The van der Waals surface area contributed by atoms with Crippen molar-refractivity contribution in [2.75, 3.05) is 0 Å². The van der Waals surface area contributed by atoms with E-state index in [0.29, 0.717) is 10.8 Å². The lowest BCUT2D eigenvalue weighted by atomic mass is 9.66. The second-order valence-corrected chi connectivity index (χ2v) is 6.37. The van der Waals surface area contributed by atoms with E-state index in [9.17, 15) is 0 Å². The highest BCUT2D eigenvalue weighted by Gasteiger charge is 2.47. The highest BCUT2D eigenvalue weighted by molar-refractivity contribution is 4.99. The van der Waals surface area contributed by atoms with Crippen LogP contribution < -0.4 is 0 Å². The molecule has 0 aliphatic heterocycles. The summed E-state index contributed by atoms with van der Waals surface area (Å²) in [5, 5.41) is 0. The fourth-order valence-corrected chi connectivity index (χ4v) is 2.38. The van der Waals surface area contributed by atoms with Gasteiger partial charge in [-0.25, -0.2) is 0 Å². The molecule has 16 heavy (non-hydrogen) atoms. The van der Waals surface area contributed by atoms with Crippen molar-refractivity contribution in [3.63, 3.8) is 0 Å². The molecule has 0 heterocycles. The minimum atomic E-state index is 0.487. The standard InChI is InChI=1S/C12H22.C4H10/c1-6-7-10-8-9-11(2,3)12(10,4)5;1-3-4-2/h6,10H,1,7-9H2,2-5H3;3-4H2,1-2H3. The average Bonchev–Trinajstić information content (AvgIpc) is 2.42. The molecule has 0 amide bonds. The van der Waals surface area contributed by atoms with Crippen molar-refractivity contribution in [1.82, 2.24) is 0 Å². The Labute approximate surface area is 104 Å². The summed E-state index contributed by atoms with van der Waals surface area (Å²) >= 11 is 0. The van der Waals surface area contributed by atoms with Crippen LogP contribution in [0.5, 0.6) is 0 Å². The summed E-state index contributed by atoms with van der Waals surface area (Å²) in [5.41, 5.74) is 1.00. The van der Waals surface area contributed by atoms with Crippen LogP contribution in [0.4, 0.5) is 0 Å². The van der Waals surface area contributed by atoms with Crippen LogP contribution in [-0.4, -0.2) is 0 Å². The third-order valence-corrected chi connectivity index (χ3v) is 4.83. The molecule has 0 saturated heterocycles. The number of hydrogen-bond acceptors (Lipinski definition) is 0. The predicted octanol–water partition coefficient (Wildman–Crippen LogP) is 5.83. The maximum absolute atomic E-state index is 3.84. The Bertz CT molecular complexity index is 196. The first-order valence-electron chi connectivity index (χ1n) is 6.94. The van der Waals surface area contributed by atoms with Crippen molar-refractivity contribution < 1.29 is 0 Å². The molecule has 0 N–H and O–H groups in total. The lowest BCUT2D eigenvalue weighted by molar-refractivity contribution is 0.109. The molecule has 1 aliphatic carbocycles. The number of hydrogen-bond donors (Lipinski definition) is 0. The normalized spacial score (nSPS) is 25.8. The Kier molecular flexibility index (Phi) is 6.36. The van der Waals surface area contributed by atoms with Crippen molar-refractivity contribution >= 4 is 0 Å². The van der Waals surface area contributed by atoms with Crippen LogP contribution in [0.3, 0.4) is 0 Å². The molecule has 0 aromatic rings. The Morgan fingerprint density at radius 1 is 1.12 bits per heavy atom. The Balaban J connectivity index is 0.000000487. The summed E-state index contributed by atoms with van der Waals surface area (Å²) in [5.74, 6) is 0.852. The maximum atomic E-state index is 3.84. The van der Waals surface area contributed by atoms with Gasteiger partial charge in [0.2, 0.25) is 0 Å². The van der Waals surface area contributed by atoms with Gasteiger partial charge in [0.15, 0.2) is 0 Å². The highest BCUT2D eigenvalue weighted by Crippen LogP contribution is 2.56. The largest absolute Gasteiger partial charge is 0.103 e. The Morgan fingerprint density at radius 3 is 1.88 bits per heavy atom. The van der Waals surface area contributed by atoms with Crippen molar-refractivity contribution in [3.8, 4) is 0 Å². The minimum absolute atomic E-state index is 0.487. The van der Waals surface area contributed by atoms with E-state index in [0.717, 1.165) is 5.92 Å². The molecular formula is C16H32. The fourth-order valence-electron chi connectivity index (χ4n) is 2.38. The first-order chi connectivity index (χ1) is 7.33. The third-order valence-electron chi connectivity index (χ3n) is 4.83. The van der Waals surface area contributed by atoms with Crippen molar-refractivity contribution in [1.29, 1.82) is 0 Å². The van der Waals surface area contributed by atoms with Crippen molar-refractivity contribution in [3.05, 3.63) is 12.7 Å². The van der Waals surface area contributed by atoms with Crippen LogP contribution >= 0.6 is 0 Å². The van der Waals surface area contributed by atoms with Crippen molar-refractivity contribution in [2.45, 2.75) is 73.6 Å². The van der Waals surface area contributed by atoms with Crippen LogP contribution in [0.25, 0.3) is 0 Å². The highest BCUT2D eigenvalue weighted by atomic mass is 14.5. The van der Waals surface area contributed by atoms with Crippen LogP contribution in [0, 0.1) is 16.7 Å². The zero-order valence-electron chi connectivity index (χ0n) is 12.4. The summed E-state index contributed by atoms with van der Waals surface area (Å²) in [7, 11) is 0. The molecule has 0 radical (unpaired) electrons. The van der Waals surface area contributed by atoms with E-state index in [1.807, 2.05) is 0 Å². The number of allylic oxidation sites excluding steroid dienone is 1. The summed E-state index contributed by atoms with van der Waals surface area (Å²) in [4.78, 5) is 0. The zero-order valence-corrected chi connectivity index (χ0v) is 12.4. The Morgan fingerprint density at radius 2 is 1.62 bits per heavy atom. The van der Waals surface area contributed by atoms with Gasteiger partial charge < -0.3 is 0 Å². The van der Waals surface area contributed by atoms with E-state index in [2.05, 4.69) is 54.2 Å². The van der Waals surface area contributed by atoms with Gasteiger partial charge in [-0.1, -0.05) is 60.5 Å². The van der Waals surface area contributed by atoms with E-state index >= 15 is 0 Å². The van der Waals surface area contributed by atoms with E-state index < -0.39 is 0 Å². The van der Waals surface area contributed by atoms with Crippen LogP contribution in [-0.2, 0) is 0 Å². The van der Waals surface area contributed by atoms with Gasteiger partial charge in [-0.05, 0) is 36.0 Å². The topological polar surface area (TPSA) is 0 Å². The molecule has 1 saturated carbocycles. The van der Waals surface area contributed by atoms with Crippen molar-refractivity contribution in [2.24, 2.45) is 16.7 Å². The van der Waals surface area contributed by atoms with Gasteiger partial charge in [0.1, 0.15) is 0 Å². The summed E-state index contributed by atoms with van der Waals surface area (Å²) in [6.07, 6.45) is 8.66. The molecule has 0 aromatic carbocycles. The first kappa shape index (κ1) is 15.7. The lowest BCUT2D eigenvalue weighted by Crippen LogP contribution is -2.31. The lowest BCUT2D eigenvalue weighted by Gasteiger charge is -2.39. The van der Waals surface area contributed by atoms with Gasteiger partial charge in [0.25, 0.3) is 0 Å². The second-order valence-electron chi connectivity index (χ2n) is 6.37. The fraction of sp³-hybridized carbons (Fsp3) is 0.875. The van der Waals surface area contributed by atoms with Gasteiger partial charge in [0.05, 0.1) is 0 Å². The number of rotatable bonds is 3. The smallest absolute Gasteiger partial charge is 0.0272 e. The molecule has 96 valence electrons. The molecule has 0 bridgehead atoms. The first-order valence-corrected chi connectivity index (χ1v) is 6.94. The third kappa shape index (κ3) is 3.64. The van der Waals surface area contributed by atoms with E-state index in [4.69, 9.17) is 0 Å². The number of unbranched alkanes of at least 4 members (excludes halogenated alkanes) is 1. The molecule has 1 rings (SSSR count). The predicted molar refractivity (Wildman–Crippen MR) is 75.7 cm³/mol. The minimum Gasteiger partial charge on any atom is -0.103 e. The molecule has 0 heteroatoms.